The van der Waals surface area contributed by atoms with Crippen molar-refractivity contribution in [3.8, 4) is 6.07 Å². The van der Waals surface area contributed by atoms with Gasteiger partial charge in [0.15, 0.2) is 0 Å². The highest BCUT2D eigenvalue weighted by atomic mass is 32.2. The van der Waals surface area contributed by atoms with Gasteiger partial charge >= 0.3 is 6.03 Å². The molecule has 0 aromatic carbocycles. The smallest absolute Gasteiger partial charge is 0.325 e. The van der Waals surface area contributed by atoms with Crippen LogP contribution in [0.1, 0.15) is 12.8 Å². The van der Waals surface area contributed by atoms with E-state index in [0.29, 0.717) is 12.2 Å². The van der Waals surface area contributed by atoms with E-state index in [9.17, 15) is 14.4 Å². The van der Waals surface area contributed by atoms with E-state index in [1.807, 2.05) is 6.07 Å². The molecule has 8 heteroatoms. The van der Waals surface area contributed by atoms with Crippen LogP contribution in [0.2, 0.25) is 0 Å². The van der Waals surface area contributed by atoms with Gasteiger partial charge in [0, 0.05) is 12.3 Å². The molecular weight excluding hydrogens is 268 g/mol. The SMILES string of the molecule is N#CCCNC(=O)CN1C(=O)NC2(CCSC2)C1=O. The first-order valence-electron chi connectivity index (χ1n) is 5.94. The molecule has 7 nitrogen and oxygen atoms in total. The second-order valence-electron chi connectivity index (χ2n) is 4.46. The maximum absolute atomic E-state index is 12.2. The fourth-order valence-electron chi connectivity index (χ4n) is 2.11. The minimum absolute atomic E-state index is 0.201. The Bertz CT molecular complexity index is 453. The van der Waals surface area contributed by atoms with Gasteiger partial charge in [-0.3, -0.25) is 14.5 Å². The van der Waals surface area contributed by atoms with Gasteiger partial charge in [-0.15, -0.1) is 0 Å². The normalized spacial score (nSPS) is 25.5. The van der Waals surface area contributed by atoms with E-state index in [1.165, 1.54) is 0 Å². The fraction of sp³-hybridized carbons (Fsp3) is 0.636. The van der Waals surface area contributed by atoms with E-state index in [0.717, 1.165) is 10.7 Å². The van der Waals surface area contributed by atoms with Crippen molar-refractivity contribution in [2.45, 2.75) is 18.4 Å². The van der Waals surface area contributed by atoms with Gasteiger partial charge in [0.1, 0.15) is 12.1 Å². The second-order valence-corrected chi connectivity index (χ2v) is 5.57. The molecule has 0 radical (unpaired) electrons. The molecule has 0 aromatic heterocycles. The quantitative estimate of drug-likeness (QED) is 0.532. The maximum atomic E-state index is 12.2. The Morgan fingerprint density at radius 1 is 1.58 bits per heavy atom. The van der Waals surface area contributed by atoms with E-state index in [2.05, 4.69) is 10.6 Å². The van der Waals surface area contributed by atoms with Gasteiger partial charge in [0.05, 0.1) is 12.5 Å². The molecule has 1 spiro atoms. The number of imide groups is 1. The van der Waals surface area contributed by atoms with E-state index in [4.69, 9.17) is 5.26 Å². The van der Waals surface area contributed by atoms with Crippen LogP contribution in [0, 0.1) is 11.3 Å². The minimum atomic E-state index is -0.811. The average molecular weight is 282 g/mol. The number of carbonyl (C=O) groups is 3. The number of carbonyl (C=O) groups excluding carboxylic acids is 3. The first kappa shape index (κ1) is 13.7. The topological polar surface area (TPSA) is 102 Å². The summed E-state index contributed by atoms with van der Waals surface area (Å²) < 4.78 is 0. The summed E-state index contributed by atoms with van der Waals surface area (Å²) in [5, 5.41) is 13.5. The summed E-state index contributed by atoms with van der Waals surface area (Å²) >= 11 is 1.61. The zero-order chi connectivity index (χ0) is 13.9. The fourth-order valence-corrected chi connectivity index (χ4v) is 3.43. The predicted molar refractivity (Wildman–Crippen MR) is 68.2 cm³/mol. The van der Waals surface area contributed by atoms with Crippen LogP contribution in [-0.4, -0.2) is 52.9 Å². The highest BCUT2D eigenvalue weighted by molar-refractivity contribution is 7.99. The van der Waals surface area contributed by atoms with Crippen molar-refractivity contribution in [3.63, 3.8) is 0 Å². The Kier molecular flexibility index (Phi) is 3.95. The molecule has 19 heavy (non-hydrogen) atoms. The van der Waals surface area contributed by atoms with Gasteiger partial charge in [-0.2, -0.15) is 17.0 Å². The Hall–Kier alpha value is -1.75. The standard InChI is InChI=1S/C11H14N4O3S/c12-3-1-4-13-8(16)6-15-9(17)11(14-10(15)18)2-5-19-7-11/h1-2,4-7H2,(H,13,16)(H,14,18). The third kappa shape index (κ3) is 2.66. The predicted octanol–water partition coefficient (Wildman–Crippen LogP) is -0.556. The molecule has 0 saturated carbocycles. The number of thioether (sulfide) groups is 1. The Morgan fingerprint density at radius 3 is 3.00 bits per heavy atom. The average Bonchev–Trinajstić information content (AvgIpc) is 2.92. The molecule has 1 unspecified atom stereocenters. The number of nitrogens with zero attached hydrogens (tertiary/aromatic N) is 2. The molecule has 2 N–H and O–H groups in total. The summed E-state index contributed by atoms with van der Waals surface area (Å²) in [5.41, 5.74) is -0.811. The van der Waals surface area contributed by atoms with Gasteiger partial charge in [-0.1, -0.05) is 0 Å². The summed E-state index contributed by atoms with van der Waals surface area (Å²) in [5.74, 6) is 0.637. The first-order chi connectivity index (χ1) is 9.09. The third-order valence-corrected chi connectivity index (χ3v) is 4.32. The van der Waals surface area contributed by atoms with Crippen molar-refractivity contribution in [2.24, 2.45) is 0 Å². The molecular formula is C11H14N4O3S. The van der Waals surface area contributed by atoms with Crippen LogP contribution in [0.3, 0.4) is 0 Å². The molecule has 102 valence electrons. The third-order valence-electron chi connectivity index (χ3n) is 3.13. The molecule has 2 aliphatic heterocycles. The van der Waals surface area contributed by atoms with Crippen LogP contribution in [-0.2, 0) is 9.59 Å². The molecule has 0 aromatic rings. The second kappa shape index (κ2) is 5.48. The van der Waals surface area contributed by atoms with E-state index < -0.39 is 17.5 Å². The Balaban J connectivity index is 1.94. The maximum Gasteiger partial charge on any atom is 0.325 e. The summed E-state index contributed by atoms with van der Waals surface area (Å²) in [6.07, 6.45) is 0.807. The molecule has 0 aliphatic carbocycles. The van der Waals surface area contributed by atoms with Crippen molar-refractivity contribution >= 4 is 29.6 Å². The molecule has 4 amide bonds. The van der Waals surface area contributed by atoms with Gasteiger partial charge in [-0.05, 0) is 12.2 Å². The molecule has 1 atom stereocenters. The van der Waals surface area contributed by atoms with E-state index >= 15 is 0 Å². The number of amides is 4. The molecule has 0 bridgehead atoms. The van der Waals surface area contributed by atoms with Crippen LogP contribution >= 0.6 is 11.8 Å². The zero-order valence-electron chi connectivity index (χ0n) is 10.3. The van der Waals surface area contributed by atoms with Gasteiger partial charge < -0.3 is 10.6 Å². The van der Waals surface area contributed by atoms with Gasteiger partial charge in [-0.25, -0.2) is 4.79 Å². The van der Waals surface area contributed by atoms with Crippen molar-refractivity contribution < 1.29 is 14.4 Å². The van der Waals surface area contributed by atoms with Crippen molar-refractivity contribution in [2.75, 3.05) is 24.6 Å². The van der Waals surface area contributed by atoms with Crippen molar-refractivity contribution in [1.82, 2.24) is 15.5 Å². The van der Waals surface area contributed by atoms with Crippen LogP contribution < -0.4 is 10.6 Å². The van der Waals surface area contributed by atoms with Crippen molar-refractivity contribution in [3.05, 3.63) is 0 Å². The number of hydrogen-bond donors (Lipinski definition) is 2. The summed E-state index contributed by atoms with van der Waals surface area (Å²) in [7, 11) is 0. The lowest BCUT2D eigenvalue weighted by Crippen LogP contribution is -2.47. The molecule has 2 fully saturated rings. The van der Waals surface area contributed by atoms with Gasteiger partial charge in [0.25, 0.3) is 5.91 Å². The van der Waals surface area contributed by atoms with Crippen LogP contribution in [0.15, 0.2) is 0 Å². The lowest BCUT2D eigenvalue weighted by molar-refractivity contribution is -0.134. The number of nitriles is 1. The lowest BCUT2D eigenvalue weighted by Gasteiger charge is -2.18. The van der Waals surface area contributed by atoms with E-state index in [-0.39, 0.29) is 25.4 Å². The summed E-state index contributed by atoms with van der Waals surface area (Å²) in [6.45, 7) is -0.0670. The number of hydrogen-bond acceptors (Lipinski definition) is 5. The van der Waals surface area contributed by atoms with Crippen LogP contribution in [0.25, 0.3) is 0 Å². The van der Waals surface area contributed by atoms with Crippen LogP contribution in [0.4, 0.5) is 4.79 Å². The Labute approximate surface area is 114 Å². The molecule has 2 rings (SSSR count). The van der Waals surface area contributed by atoms with Crippen molar-refractivity contribution in [1.29, 1.82) is 5.26 Å². The molecule has 2 aliphatic rings. The summed E-state index contributed by atoms with van der Waals surface area (Å²) in [6, 6.07) is 1.39. The zero-order valence-corrected chi connectivity index (χ0v) is 11.1. The summed E-state index contributed by atoms with van der Waals surface area (Å²) in [4.78, 5) is 36.5. The Morgan fingerprint density at radius 2 is 2.37 bits per heavy atom. The molecule has 2 heterocycles. The highest BCUT2D eigenvalue weighted by Gasteiger charge is 2.53. The number of urea groups is 1. The minimum Gasteiger partial charge on any atom is -0.354 e. The highest BCUT2D eigenvalue weighted by Crippen LogP contribution is 2.33. The number of nitrogens with one attached hydrogen (secondary N) is 2. The van der Waals surface area contributed by atoms with E-state index in [1.54, 1.807) is 11.8 Å². The monoisotopic (exact) mass is 282 g/mol. The number of rotatable bonds is 4. The lowest BCUT2D eigenvalue weighted by atomic mass is 9.99. The largest absolute Gasteiger partial charge is 0.354 e. The molecule has 2 saturated heterocycles. The van der Waals surface area contributed by atoms with Gasteiger partial charge in [0.2, 0.25) is 5.91 Å². The van der Waals surface area contributed by atoms with Crippen LogP contribution in [0.5, 0.6) is 0 Å². The first-order valence-corrected chi connectivity index (χ1v) is 7.10.